The maximum atomic E-state index is 14.7. The molecule has 3 nitrogen and oxygen atoms in total. The third-order valence-corrected chi connectivity index (χ3v) is 6.24. The molecule has 0 saturated carbocycles. The molecule has 1 N–H and O–H groups in total. The number of benzene rings is 2. The minimum atomic E-state index is -3.38. The van der Waals surface area contributed by atoms with E-state index in [0.29, 0.717) is 16.8 Å². The van der Waals surface area contributed by atoms with E-state index < -0.39 is 30.4 Å². The number of hydrogen-bond acceptors (Lipinski definition) is 3. The van der Waals surface area contributed by atoms with Crippen molar-refractivity contribution in [3.05, 3.63) is 87.4 Å². The van der Waals surface area contributed by atoms with Gasteiger partial charge in [-0.15, -0.1) is 0 Å². The van der Waals surface area contributed by atoms with E-state index in [9.17, 15) is 27.9 Å². The second-order valence-electron chi connectivity index (χ2n) is 8.36. The number of aromatic nitrogens is 1. The molecule has 33 heavy (non-hydrogen) atoms. The van der Waals surface area contributed by atoms with Gasteiger partial charge in [-0.3, -0.25) is 4.98 Å². The van der Waals surface area contributed by atoms with Crippen molar-refractivity contribution in [2.45, 2.75) is 51.3 Å². The van der Waals surface area contributed by atoms with Crippen LogP contribution in [0.2, 0.25) is 0 Å². The first-order valence-electron chi connectivity index (χ1n) is 10.7. The van der Waals surface area contributed by atoms with Gasteiger partial charge in [-0.1, -0.05) is 25.1 Å². The van der Waals surface area contributed by atoms with Gasteiger partial charge in [-0.05, 0) is 71.3 Å². The molecule has 1 aliphatic rings. The smallest absolute Gasteiger partial charge is 0.281 e. The van der Waals surface area contributed by atoms with Crippen molar-refractivity contribution in [2.75, 3.05) is 0 Å². The van der Waals surface area contributed by atoms with E-state index >= 15 is 0 Å². The molecule has 0 amide bonds. The quantitative estimate of drug-likeness (QED) is 0.460. The molecule has 2 atom stereocenters. The highest BCUT2D eigenvalue weighted by Crippen LogP contribution is 2.49. The standard InChI is InChI=1S/C26H22F4N2O/c1-3-22(28)20-11-17(27)9-16(13-31)19(20)10-15-6-7-18(24-14(2)5-4-8-32-24)23-21(15)12-26(29,30)25(23)33/h4-9,11,22,25,33H,3,10,12H2,1-2H3. The number of nitrogens with zero attached hydrogens (tertiary/aromatic N) is 2. The zero-order chi connectivity index (χ0) is 23.9. The lowest BCUT2D eigenvalue weighted by Gasteiger charge is -2.19. The Morgan fingerprint density at radius 1 is 1.27 bits per heavy atom. The average molecular weight is 454 g/mol. The molecule has 4 rings (SSSR count). The fraction of sp³-hybridized carbons (Fsp3) is 0.308. The molecule has 1 aliphatic carbocycles. The second-order valence-corrected chi connectivity index (χ2v) is 8.36. The van der Waals surface area contributed by atoms with Crippen molar-refractivity contribution >= 4 is 0 Å². The van der Waals surface area contributed by atoms with E-state index in [1.165, 1.54) is 0 Å². The Kier molecular flexibility index (Phi) is 5.98. The molecule has 0 bridgehead atoms. The molecule has 0 saturated heterocycles. The third-order valence-electron chi connectivity index (χ3n) is 6.24. The highest BCUT2D eigenvalue weighted by Gasteiger charge is 2.49. The first kappa shape index (κ1) is 22.9. The van der Waals surface area contributed by atoms with Gasteiger partial charge < -0.3 is 5.11 Å². The summed E-state index contributed by atoms with van der Waals surface area (Å²) < 4.78 is 58.0. The number of rotatable bonds is 5. The van der Waals surface area contributed by atoms with Crippen LogP contribution in [0, 0.1) is 24.1 Å². The lowest BCUT2D eigenvalue weighted by molar-refractivity contribution is -0.0966. The fourth-order valence-electron chi connectivity index (χ4n) is 4.56. The van der Waals surface area contributed by atoms with Gasteiger partial charge in [-0.2, -0.15) is 5.26 Å². The Morgan fingerprint density at radius 2 is 2.03 bits per heavy atom. The maximum absolute atomic E-state index is 14.7. The summed E-state index contributed by atoms with van der Waals surface area (Å²) in [5, 5.41) is 20.0. The second kappa shape index (κ2) is 8.60. The van der Waals surface area contributed by atoms with E-state index in [-0.39, 0.29) is 40.7 Å². The van der Waals surface area contributed by atoms with Gasteiger partial charge in [0.15, 0.2) is 0 Å². The number of pyridine rings is 1. The van der Waals surface area contributed by atoms with Crippen molar-refractivity contribution in [1.29, 1.82) is 5.26 Å². The van der Waals surface area contributed by atoms with Crippen LogP contribution in [0.5, 0.6) is 0 Å². The number of aliphatic hydroxyl groups is 1. The molecule has 0 radical (unpaired) electrons. The van der Waals surface area contributed by atoms with Crippen molar-refractivity contribution < 1.29 is 22.7 Å². The SMILES string of the molecule is CCC(F)c1cc(F)cc(C#N)c1Cc1ccc(-c2ncccc2C)c2c1CC(F)(F)C2O. The van der Waals surface area contributed by atoms with Crippen LogP contribution < -0.4 is 0 Å². The Morgan fingerprint density at radius 3 is 2.70 bits per heavy atom. The van der Waals surface area contributed by atoms with Gasteiger partial charge in [0.2, 0.25) is 0 Å². The summed E-state index contributed by atoms with van der Waals surface area (Å²) in [6.07, 6.45) is -2.61. The number of nitriles is 1. The van der Waals surface area contributed by atoms with Crippen LogP contribution in [0.1, 0.15) is 64.6 Å². The molecule has 0 spiro atoms. The van der Waals surface area contributed by atoms with Crippen LogP contribution in [-0.2, 0) is 12.8 Å². The predicted molar refractivity (Wildman–Crippen MR) is 116 cm³/mol. The number of halogens is 4. The highest BCUT2D eigenvalue weighted by molar-refractivity contribution is 5.71. The molecule has 0 aliphatic heterocycles. The molecule has 2 aromatic carbocycles. The van der Waals surface area contributed by atoms with Crippen LogP contribution >= 0.6 is 0 Å². The number of aliphatic hydroxyl groups excluding tert-OH is 1. The van der Waals surface area contributed by atoms with E-state index in [0.717, 1.165) is 17.7 Å². The molecule has 0 fully saturated rings. The summed E-state index contributed by atoms with van der Waals surface area (Å²) in [5.74, 6) is -4.11. The molecule has 1 aromatic heterocycles. The average Bonchev–Trinajstić information content (AvgIpc) is 3.04. The summed E-state index contributed by atoms with van der Waals surface area (Å²) >= 11 is 0. The highest BCUT2D eigenvalue weighted by atomic mass is 19.3. The summed E-state index contributed by atoms with van der Waals surface area (Å²) in [6, 6.07) is 10.8. The van der Waals surface area contributed by atoms with Crippen LogP contribution in [-0.4, -0.2) is 16.0 Å². The van der Waals surface area contributed by atoms with Gasteiger partial charge in [0, 0.05) is 18.2 Å². The molecular formula is C26H22F4N2O. The summed E-state index contributed by atoms with van der Waals surface area (Å²) in [4.78, 5) is 4.32. The molecular weight excluding hydrogens is 432 g/mol. The largest absolute Gasteiger partial charge is 0.382 e. The minimum Gasteiger partial charge on any atom is -0.382 e. The van der Waals surface area contributed by atoms with Crippen LogP contribution in [0.3, 0.4) is 0 Å². The monoisotopic (exact) mass is 454 g/mol. The maximum Gasteiger partial charge on any atom is 0.281 e. The lowest BCUT2D eigenvalue weighted by atomic mass is 9.87. The normalized spacial score (nSPS) is 17.5. The third kappa shape index (κ3) is 4.00. The van der Waals surface area contributed by atoms with Crippen molar-refractivity contribution in [3.8, 4) is 17.3 Å². The molecule has 7 heteroatoms. The zero-order valence-corrected chi connectivity index (χ0v) is 18.2. The number of hydrogen-bond donors (Lipinski definition) is 1. The predicted octanol–water partition coefficient (Wildman–Crippen LogP) is 6.30. The van der Waals surface area contributed by atoms with Crippen molar-refractivity contribution in [1.82, 2.24) is 4.98 Å². The van der Waals surface area contributed by atoms with E-state index in [2.05, 4.69) is 4.98 Å². The zero-order valence-electron chi connectivity index (χ0n) is 18.2. The Hall–Kier alpha value is -3.24. The van der Waals surface area contributed by atoms with Gasteiger partial charge in [0.05, 0.1) is 17.3 Å². The number of aryl methyl sites for hydroxylation is 1. The molecule has 1 heterocycles. The van der Waals surface area contributed by atoms with Crippen LogP contribution in [0.25, 0.3) is 11.3 Å². The van der Waals surface area contributed by atoms with Gasteiger partial charge in [0.25, 0.3) is 5.92 Å². The lowest BCUT2D eigenvalue weighted by Crippen LogP contribution is -2.21. The van der Waals surface area contributed by atoms with E-state index in [4.69, 9.17) is 0 Å². The first-order valence-corrected chi connectivity index (χ1v) is 10.7. The summed E-state index contributed by atoms with van der Waals surface area (Å²) in [5.41, 5.74) is 2.72. The summed E-state index contributed by atoms with van der Waals surface area (Å²) in [7, 11) is 0. The number of fused-ring (bicyclic) bond motifs is 1. The Labute approximate surface area is 189 Å². The van der Waals surface area contributed by atoms with E-state index in [1.807, 2.05) is 6.07 Å². The van der Waals surface area contributed by atoms with Crippen molar-refractivity contribution in [2.24, 2.45) is 0 Å². The van der Waals surface area contributed by atoms with Crippen LogP contribution in [0.15, 0.2) is 42.6 Å². The van der Waals surface area contributed by atoms with Gasteiger partial charge in [-0.25, -0.2) is 17.6 Å². The first-order chi connectivity index (χ1) is 15.7. The summed E-state index contributed by atoms with van der Waals surface area (Å²) in [6.45, 7) is 3.40. The molecule has 2 unspecified atom stereocenters. The minimum absolute atomic E-state index is 0.0362. The number of alkyl halides is 3. The topological polar surface area (TPSA) is 56.9 Å². The molecule has 3 aromatic rings. The van der Waals surface area contributed by atoms with Crippen molar-refractivity contribution in [3.63, 3.8) is 0 Å². The fourth-order valence-corrected chi connectivity index (χ4v) is 4.56. The molecule has 170 valence electrons. The Bertz CT molecular complexity index is 1270. The Balaban J connectivity index is 1.91. The van der Waals surface area contributed by atoms with Crippen LogP contribution in [0.4, 0.5) is 17.6 Å². The van der Waals surface area contributed by atoms with Gasteiger partial charge in [0.1, 0.15) is 18.1 Å². The van der Waals surface area contributed by atoms with Gasteiger partial charge >= 0.3 is 0 Å². The van der Waals surface area contributed by atoms with E-state index in [1.54, 1.807) is 44.3 Å².